The van der Waals surface area contributed by atoms with Crippen LogP contribution >= 0.6 is 0 Å². The number of amides is 3. The van der Waals surface area contributed by atoms with E-state index in [1.165, 1.54) is 0 Å². The monoisotopic (exact) mass is 294 g/mol. The van der Waals surface area contributed by atoms with Crippen molar-refractivity contribution in [2.75, 3.05) is 0 Å². The van der Waals surface area contributed by atoms with Crippen LogP contribution in [0.2, 0.25) is 0 Å². The topological polar surface area (TPSA) is 134 Å². The van der Waals surface area contributed by atoms with Crippen LogP contribution in [0.25, 0.3) is 0 Å². The van der Waals surface area contributed by atoms with Crippen molar-refractivity contribution in [2.24, 2.45) is 5.73 Å². The number of hydrogen-bond donors (Lipinski definition) is 4. The molecule has 8 nitrogen and oxygen atoms in total. The fourth-order valence-corrected chi connectivity index (χ4v) is 1.63. The van der Waals surface area contributed by atoms with Crippen LogP contribution in [0.4, 0.5) is 4.79 Å². The van der Waals surface area contributed by atoms with Gasteiger partial charge in [0.25, 0.3) is 0 Å². The lowest BCUT2D eigenvalue weighted by Gasteiger charge is -2.15. The second kappa shape index (κ2) is 7.83. The van der Waals surface area contributed by atoms with Gasteiger partial charge in [-0.3, -0.25) is 9.78 Å². The fraction of sp³-hybridized carbons (Fsp3) is 0.385. The van der Waals surface area contributed by atoms with E-state index in [9.17, 15) is 14.4 Å². The summed E-state index contributed by atoms with van der Waals surface area (Å²) < 4.78 is 0. The van der Waals surface area contributed by atoms with E-state index in [0.29, 0.717) is 0 Å². The number of carbonyl (C=O) groups excluding carboxylic acids is 2. The Morgan fingerprint density at radius 3 is 2.71 bits per heavy atom. The molecule has 0 unspecified atom stereocenters. The summed E-state index contributed by atoms with van der Waals surface area (Å²) in [7, 11) is 0. The third-order valence-electron chi connectivity index (χ3n) is 2.86. The van der Waals surface area contributed by atoms with Crippen LogP contribution in [-0.4, -0.2) is 34.0 Å². The van der Waals surface area contributed by atoms with E-state index in [1.807, 2.05) is 6.92 Å². The molecule has 0 aliphatic rings. The average molecular weight is 294 g/mol. The van der Waals surface area contributed by atoms with Gasteiger partial charge < -0.3 is 21.5 Å². The summed E-state index contributed by atoms with van der Waals surface area (Å²) in [5.41, 5.74) is 6.75. The Bertz CT molecular complexity index is 533. The van der Waals surface area contributed by atoms with Crippen LogP contribution in [0.3, 0.4) is 0 Å². The summed E-state index contributed by atoms with van der Waals surface area (Å²) in [4.78, 5) is 37.2. The Morgan fingerprint density at radius 2 is 2.14 bits per heavy atom. The average Bonchev–Trinajstić information content (AvgIpc) is 2.42. The quantitative estimate of drug-likeness (QED) is 0.557. The first kappa shape index (κ1) is 16.4. The molecule has 8 heteroatoms. The molecule has 1 aromatic heterocycles. The van der Waals surface area contributed by atoms with Gasteiger partial charge >= 0.3 is 12.0 Å². The van der Waals surface area contributed by atoms with Crippen LogP contribution in [0.15, 0.2) is 18.5 Å². The van der Waals surface area contributed by atoms with Crippen molar-refractivity contribution in [1.82, 2.24) is 15.6 Å². The van der Waals surface area contributed by atoms with Crippen molar-refractivity contribution in [3.63, 3.8) is 0 Å². The molecule has 0 aromatic carbocycles. The number of nitrogens with two attached hydrogens (primary N) is 1. The number of aliphatic carboxylic acids is 1. The molecule has 0 aliphatic carbocycles. The molecule has 1 rings (SSSR count). The number of hydrogen-bond acceptors (Lipinski definition) is 4. The number of nitrogens with zero attached hydrogens (tertiary/aromatic N) is 1. The molecule has 0 saturated heterocycles. The van der Waals surface area contributed by atoms with Crippen molar-refractivity contribution in [3.05, 3.63) is 29.6 Å². The number of nitrogens with one attached hydrogen (secondary N) is 2. The summed E-state index contributed by atoms with van der Waals surface area (Å²) in [6.45, 7) is 2.11. The summed E-state index contributed by atoms with van der Waals surface area (Å²) in [5, 5.41) is 13.8. The molecule has 114 valence electrons. The van der Waals surface area contributed by atoms with Gasteiger partial charge in [0, 0.05) is 25.4 Å². The van der Waals surface area contributed by atoms with E-state index < -0.39 is 23.9 Å². The zero-order valence-electron chi connectivity index (χ0n) is 11.6. The molecule has 0 bridgehead atoms. The molecule has 0 radical (unpaired) electrons. The van der Waals surface area contributed by atoms with Gasteiger partial charge in [0.2, 0.25) is 5.91 Å². The van der Waals surface area contributed by atoms with E-state index >= 15 is 0 Å². The zero-order valence-corrected chi connectivity index (χ0v) is 11.6. The maximum absolute atomic E-state index is 11.7. The SMILES string of the molecule is Cc1cnccc1CNC(=O)N[C@@H](CCC(N)=O)C(=O)O. The normalized spacial score (nSPS) is 11.5. The second-order valence-electron chi connectivity index (χ2n) is 4.52. The molecule has 1 aromatic rings. The van der Waals surface area contributed by atoms with Gasteiger partial charge in [-0.15, -0.1) is 0 Å². The third kappa shape index (κ3) is 5.89. The summed E-state index contributed by atoms with van der Waals surface area (Å²) in [5.74, 6) is -1.83. The standard InChI is InChI=1S/C13H18N4O4/c1-8-6-15-5-4-9(8)7-16-13(21)17-10(12(19)20)2-3-11(14)18/h4-6,10H,2-3,7H2,1H3,(H2,14,18)(H,19,20)(H2,16,17,21)/t10-/m0/s1. The van der Waals surface area contributed by atoms with Crippen LogP contribution in [-0.2, 0) is 16.1 Å². The van der Waals surface area contributed by atoms with Crippen molar-refractivity contribution < 1.29 is 19.5 Å². The first-order valence-electron chi connectivity index (χ1n) is 6.35. The third-order valence-corrected chi connectivity index (χ3v) is 2.86. The van der Waals surface area contributed by atoms with Crippen LogP contribution in [0.1, 0.15) is 24.0 Å². The van der Waals surface area contributed by atoms with Crippen molar-refractivity contribution in [3.8, 4) is 0 Å². The Kier molecular flexibility index (Phi) is 6.12. The molecule has 21 heavy (non-hydrogen) atoms. The molecule has 1 atom stereocenters. The molecule has 0 aliphatic heterocycles. The zero-order chi connectivity index (χ0) is 15.8. The van der Waals surface area contributed by atoms with Gasteiger partial charge in [-0.2, -0.15) is 0 Å². The first-order chi connectivity index (χ1) is 9.90. The minimum atomic E-state index is -1.22. The molecule has 1 heterocycles. The van der Waals surface area contributed by atoms with Gasteiger partial charge in [0.15, 0.2) is 0 Å². The number of aryl methyl sites for hydroxylation is 1. The summed E-state index contributed by atoms with van der Waals surface area (Å²) in [6.07, 6.45) is 3.11. The Labute approximate surface area is 121 Å². The minimum absolute atomic E-state index is 0.0492. The molecule has 5 N–H and O–H groups in total. The highest BCUT2D eigenvalue weighted by Crippen LogP contribution is 2.04. The number of aromatic nitrogens is 1. The van der Waals surface area contributed by atoms with Gasteiger partial charge in [-0.25, -0.2) is 9.59 Å². The van der Waals surface area contributed by atoms with E-state index in [1.54, 1.807) is 18.5 Å². The predicted octanol–water partition coefficient (Wildman–Crippen LogP) is -0.0921. The van der Waals surface area contributed by atoms with Crippen molar-refractivity contribution in [2.45, 2.75) is 32.4 Å². The largest absolute Gasteiger partial charge is 0.480 e. The van der Waals surface area contributed by atoms with E-state index in [0.717, 1.165) is 11.1 Å². The van der Waals surface area contributed by atoms with Gasteiger partial charge in [0.1, 0.15) is 6.04 Å². The Morgan fingerprint density at radius 1 is 1.43 bits per heavy atom. The Balaban J connectivity index is 2.49. The lowest BCUT2D eigenvalue weighted by Crippen LogP contribution is -2.46. The molecule has 3 amide bonds. The fourth-order valence-electron chi connectivity index (χ4n) is 1.63. The number of carboxylic acids is 1. The van der Waals surface area contributed by atoms with Crippen LogP contribution in [0.5, 0.6) is 0 Å². The minimum Gasteiger partial charge on any atom is -0.480 e. The number of rotatable bonds is 7. The highest BCUT2D eigenvalue weighted by Gasteiger charge is 2.20. The van der Waals surface area contributed by atoms with E-state index in [4.69, 9.17) is 10.8 Å². The van der Waals surface area contributed by atoms with Gasteiger partial charge in [-0.1, -0.05) is 0 Å². The second-order valence-corrected chi connectivity index (χ2v) is 4.52. The summed E-state index contributed by atoms with van der Waals surface area (Å²) in [6, 6.07) is -0.0173. The molecular weight excluding hydrogens is 276 g/mol. The van der Waals surface area contributed by atoms with Crippen molar-refractivity contribution >= 4 is 17.9 Å². The molecule has 0 spiro atoms. The highest BCUT2D eigenvalue weighted by atomic mass is 16.4. The lowest BCUT2D eigenvalue weighted by atomic mass is 10.1. The highest BCUT2D eigenvalue weighted by molar-refractivity contribution is 5.83. The van der Waals surface area contributed by atoms with Crippen LogP contribution in [0, 0.1) is 6.92 Å². The van der Waals surface area contributed by atoms with Crippen LogP contribution < -0.4 is 16.4 Å². The number of carbonyl (C=O) groups is 3. The summed E-state index contributed by atoms with van der Waals surface area (Å²) >= 11 is 0. The number of urea groups is 1. The lowest BCUT2D eigenvalue weighted by molar-refractivity contribution is -0.139. The maximum atomic E-state index is 11.7. The molecular formula is C13H18N4O4. The predicted molar refractivity (Wildman–Crippen MR) is 74.2 cm³/mol. The number of carboxylic acid groups (broad SMARTS) is 1. The number of pyridine rings is 1. The number of primary amides is 1. The van der Waals surface area contributed by atoms with Gasteiger partial charge in [0.05, 0.1) is 0 Å². The maximum Gasteiger partial charge on any atom is 0.326 e. The van der Waals surface area contributed by atoms with E-state index in [2.05, 4.69) is 15.6 Å². The molecule has 0 fully saturated rings. The van der Waals surface area contributed by atoms with Gasteiger partial charge in [-0.05, 0) is 30.5 Å². The molecule has 0 saturated carbocycles. The smallest absolute Gasteiger partial charge is 0.326 e. The van der Waals surface area contributed by atoms with E-state index in [-0.39, 0.29) is 19.4 Å². The first-order valence-corrected chi connectivity index (χ1v) is 6.35. The Hall–Kier alpha value is -2.64. The van der Waals surface area contributed by atoms with Crippen molar-refractivity contribution in [1.29, 1.82) is 0 Å².